The molecular formula is C21H23O6-. The van der Waals surface area contributed by atoms with E-state index in [1.54, 1.807) is 0 Å². The molecule has 0 fully saturated rings. The average Bonchev–Trinajstić information content (AvgIpc) is 2.68. The Morgan fingerprint density at radius 3 is 2.00 bits per heavy atom. The minimum atomic E-state index is -1.45. The van der Waals surface area contributed by atoms with Gasteiger partial charge in [-0.05, 0) is 17.5 Å². The molecule has 0 N–H and O–H groups in total. The van der Waals surface area contributed by atoms with Gasteiger partial charge in [0.2, 0.25) is 0 Å². The first-order valence-corrected chi connectivity index (χ1v) is 8.85. The molecule has 0 bridgehead atoms. The molecule has 2 rings (SSSR count). The summed E-state index contributed by atoms with van der Waals surface area (Å²) in [6, 6.07) is 18.3. The lowest BCUT2D eigenvalue weighted by Crippen LogP contribution is -2.45. The zero-order valence-electron chi connectivity index (χ0n) is 15.2. The second kappa shape index (κ2) is 11.1. The molecule has 6 heteroatoms. The molecule has 0 aliphatic rings. The molecule has 2 aromatic rings. The van der Waals surface area contributed by atoms with E-state index in [4.69, 9.17) is 14.5 Å². The summed E-state index contributed by atoms with van der Waals surface area (Å²) in [5.41, 5.74) is 1.63. The van der Waals surface area contributed by atoms with Crippen molar-refractivity contribution in [1.82, 2.24) is 0 Å². The third-order valence-corrected chi connectivity index (χ3v) is 3.98. The van der Waals surface area contributed by atoms with Crippen LogP contribution in [-0.2, 0) is 37.3 Å². The molecule has 6 nitrogen and oxygen atoms in total. The Labute approximate surface area is 158 Å². The number of benzene rings is 2. The first kappa shape index (κ1) is 20.6. The van der Waals surface area contributed by atoms with Gasteiger partial charge in [0.1, 0.15) is 12.7 Å². The number of hydrogen-bond acceptors (Lipinski definition) is 6. The predicted molar refractivity (Wildman–Crippen MR) is 95.7 cm³/mol. The quantitative estimate of drug-likeness (QED) is 0.445. The van der Waals surface area contributed by atoms with Gasteiger partial charge in [0, 0.05) is 0 Å². The van der Waals surface area contributed by atoms with E-state index in [2.05, 4.69) is 0 Å². The Balaban J connectivity index is 1.95. The van der Waals surface area contributed by atoms with E-state index in [1.807, 2.05) is 67.6 Å². The van der Waals surface area contributed by atoms with Crippen molar-refractivity contribution in [2.75, 3.05) is 0 Å². The summed E-state index contributed by atoms with van der Waals surface area (Å²) in [5, 5.41) is 11.6. The molecular weight excluding hydrogens is 348 g/mol. The van der Waals surface area contributed by atoms with Crippen LogP contribution in [0, 0.1) is 5.92 Å². The second-order valence-electron chi connectivity index (χ2n) is 6.08. The standard InChI is InChI=1S/C21H24O6/c1-2-9-18(21(24)27-26-15-17-12-7-4-8-13-17)19(20(22)23)25-14-16-10-5-3-6-11-16/h3-8,10-13,18-19H,2,9,14-15H2,1H3,(H,22,23)/p-1. The van der Waals surface area contributed by atoms with Gasteiger partial charge in [-0.15, -0.1) is 0 Å². The van der Waals surface area contributed by atoms with Crippen molar-refractivity contribution in [3.05, 3.63) is 71.8 Å². The molecule has 0 amide bonds. The second-order valence-corrected chi connectivity index (χ2v) is 6.08. The highest BCUT2D eigenvalue weighted by atomic mass is 17.2. The van der Waals surface area contributed by atoms with Crippen molar-refractivity contribution in [3.8, 4) is 0 Å². The SMILES string of the molecule is CCCC(C(=O)OOCc1ccccc1)C(OCc1ccccc1)C(=O)[O-]. The van der Waals surface area contributed by atoms with Crippen LogP contribution in [-0.4, -0.2) is 18.0 Å². The molecule has 144 valence electrons. The summed E-state index contributed by atoms with van der Waals surface area (Å²) < 4.78 is 5.47. The first-order chi connectivity index (χ1) is 13.1. The van der Waals surface area contributed by atoms with Crippen LogP contribution < -0.4 is 5.11 Å². The molecule has 0 saturated carbocycles. The van der Waals surface area contributed by atoms with Gasteiger partial charge in [0.05, 0.1) is 18.5 Å². The predicted octanol–water partition coefficient (Wildman–Crippen LogP) is 2.41. The van der Waals surface area contributed by atoms with Crippen molar-refractivity contribution in [2.24, 2.45) is 5.92 Å². The number of ether oxygens (including phenoxy) is 1. The summed E-state index contributed by atoms with van der Waals surface area (Å²) in [6.45, 7) is 1.97. The normalized spacial score (nSPS) is 12.9. The van der Waals surface area contributed by atoms with Crippen molar-refractivity contribution >= 4 is 11.9 Å². The first-order valence-electron chi connectivity index (χ1n) is 8.85. The number of aliphatic carboxylic acids is 1. The largest absolute Gasteiger partial charge is 0.547 e. The molecule has 0 saturated heterocycles. The summed E-state index contributed by atoms with van der Waals surface area (Å²) in [5.74, 6) is -3.25. The Bertz CT molecular complexity index is 701. The van der Waals surface area contributed by atoms with Gasteiger partial charge in [-0.25, -0.2) is 4.79 Å². The molecule has 2 atom stereocenters. The Kier molecular flexibility index (Phi) is 8.48. The van der Waals surface area contributed by atoms with E-state index in [0.29, 0.717) is 6.42 Å². The fraction of sp³-hybridized carbons (Fsp3) is 0.333. The van der Waals surface area contributed by atoms with Gasteiger partial charge < -0.3 is 14.6 Å². The topological polar surface area (TPSA) is 84.9 Å². The Morgan fingerprint density at radius 1 is 0.926 bits per heavy atom. The third kappa shape index (κ3) is 6.84. The van der Waals surface area contributed by atoms with Crippen LogP contribution in [0.15, 0.2) is 60.7 Å². The van der Waals surface area contributed by atoms with Gasteiger partial charge in [0.25, 0.3) is 0 Å². The van der Waals surface area contributed by atoms with Crippen LogP contribution in [0.4, 0.5) is 0 Å². The van der Waals surface area contributed by atoms with Crippen molar-refractivity contribution in [1.29, 1.82) is 0 Å². The zero-order chi connectivity index (χ0) is 19.5. The summed E-state index contributed by atoms with van der Waals surface area (Å²) in [6.07, 6.45) is -0.560. The number of carbonyl (C=O) groups is 2. The van der Waals surface area contributed by atoms with Crippen LogP contribution in [0.2, 0.25) is 0 Å². The molecule has 0 aromatic heterocycles. The number of rotatable bonds is 11. The highest BCUT2D eigenvalue weighted by molar-refractivity contribution is 5.81. The molecule has 0 radical (unpaired) electrons. The highest BCUT2D eigenvalue weighted by Gasteiger charge is 2.32. The van der Waals surface area contributed by atoms with Gasteiger partial charge in [-0.2, -0.15) is 4.89 Å². The average molecular weight is 371 g/mol. The minimum Gasteiger partial charge on any atom is -0.547 e. The van der Waals surface area contributed by atoms with E-state index in [-0.39, 0.29) is 19.6 Å². The molecule has 27 heavy (non-hydrogen) atoms. The summed E-state index contributed by atoms with van der Waals surface area (Å²) in [4.78, 5) is 33.7. The van der Waals surface area contributed by atoms with Crippen LogP contribution in [0.3, 0.4) is 0 Å². The number of carboxylic acid groups (broad SMARTS) is 1. The maximum absolute atomic E-state index is 12.4. The van der Waals surface area contributed by atoms with Crippen molar-refractivity contribution in [2.45, 2.75) is 39.1 Å². The molecule has 0 aliphatic carbocycles. The fourth-order valence-corrected chi connectivity index (χ4v) is 2.60. The van der Waals surface area contributed by atoms with Crippen LogP contribution in [0.1, 0.15) is 30.9 Å². The molecule has 0 aliphatic heterocycles. The number of carboxylic acids is 1. The molecule has 2 unspecified atom stereocenters. The van der Waals surface area contributed by atoms with E-state index >= 15 is 0 Å². The van der Waals surface area contributed by atoms with Crippen LogP contribution >= 0.6 is 0 Å². The van der Waals surface area contributed by atoms with E-state index in [9.17, 15) is 14.7 Å². The van der Waals surface area contributed by atoms with Crippen LogP contribution in [0.5, 0.6) is 0 Å². The van der Waals surface area contributed by atoms with E-state index in [1.165, 1.54) is 0 Å². The minimum absolute atomic E-state index is 0.0534. The summed E-state index contributed by atoms with van der Waals surface area (Å²) in [7, 11) is 0. The smallest absolute Gasteiger partial charge is 0.348 e. The van der Waals surface area contributed by atoms with Crippen LogP contribution in [0.25, 0.3) is 0 Å². The molecule has 0 heterocycles. The maximum atomic E-state index is 12.4. The maximum Gasteiger partial charge on any atom is 0.348 e. The summed E-state index contributed by atoms with van der Waals surface area (Å²) >= 11 is 0. The molecule has 0 spiro atoms. The fourth-order valence-electron chi connectivity index (χ4n) is 2.60. The lowest BCUT2D eigenvalue weighted by molar-refractivity contribution is -0.323. The van der Waals surface area contributed by atoms with Gasteiger partial charge in [-0.3, -0.25) is 4.89 Å². The van der Waals surface area contributed by atoms with E-state index < -0.39 is 24.0 Å². The number of hydrogen-bond donors (Lipinski definition) is 0. The van der Waals surface area contributed by atoms with Gasteiger partial charge in [-0.1, -0.05) is 74.0 Å². The van der Waals surface area contributed by atoms with Gasteiger partial charge in [0.15, 0.2) is 0 Å². The van der Waals surface area contributed by atoms with E-state index in [0.717, 1.165) is 11.1 Å². The highest BCUT2D eigenvalue weighted by Crippen LogP contribution is 2.19. The van der Waals surface area contributed by atoms with Crippen molar-refractivity contribution < 1.29 is 29.2 Å². The Morgan fingerprint density at radius 2 is 1.48 bits per heavy atom. The monoisotopic (exact) mass is 371 g/mol. The number of carbonyl (C=O) groups excluding carboxylic acids is 2. The Hall–Kier alpha value is -2.70. The zero-order valence-corrected chi connectivity index (χ0v) is 15.2. The lowest BCUT2D eigenvalue weighted by atomic mass is 9.97. The van der Waals surface area contributed by atoms with Crippen molar-refractivity contribution in [3.63, 3.8) is 0 Å². The molecule has 2 aromatic carbocycles. The lowest BCUT2D eigenvalue weighted by Gasteiger charge is -2.26. The van der Waals surface area contributed by atoms with Gasteiger partial charge >= 0.3 is 5.97 Å². The third-order valence-electron chi connectivity index (χ3n) is 3.98.